The summed E-state index contributed by atoms with van der Waals surface area (Å²) in [4.78, 5) is 11.2. The molecule has 2 aromatic rings. The van der Waals surface area contributed by atoms with E-state index in [1.165, 1.54) is 6.92 Å². The van der Waals surface area contributed by atoms with Crippen LogP contribution in [0.25, 0.3) is 10.8 Å². The Morgan fingerprint density at radius 3 is 2.32 bits per heavy atom. The van der Waals surface area contributed by atoms with Crippen LogP contribution in [-0.4, -0.2) is 20.2 Å². The number of aryl methyl sites for hydroxylation is 1. The van der Waals surface area contributed by atoms with Crippen molar-refractivity contribution in [3.05, 3.63) is 29.8 Å². The zero-order valence-electron chi connectivity index (χ0n) is 11.4. The Hall–Kier alpha value is -2.23. The van der Waals surface area contributed by atoms with Gasteiger partial charge in [0, 0.05) is 13.0 Å². The number of methoxy groups -OCH3 is 2. The molecule has 0 saturated heterocycles. The van der Waals surface area contributed by atoms with Gasteiger partial charge >= 0.3 is 5.97 Å². The summed E-state index contributed by atoms with van der Waals surface area (Å²) in [5.74, 6) is 1.46. The van der Waals surface area contributed by atoms with Gasteiger partial charge in [-0.05, 0) is 30.0 Å². The average Bonchev–Trinajstić information content (AvgIpc) is 2.35. The summed E-state index contributed by atoms with van der Waals surface area (Å²) in [5.41, 5.74) is 0.999. The van der Waals surface area contributed by atoms with E-state index >= 15 is 0 Å². The molecule has 0 heterocycles. The van der Waals surface area contributed by atoms with Gasteiger partial charge in [-0.15, -0.1) is 0 Å². The van der Waals surface area contributed by atoms with Gasteiger partial charge in [0.25, 0.3) is 0 Å². The molecule has 0 saturated carbocycles. The predicted octanol–water partition coefficient (Wildman–Crippen LogP) is 3.09. The SMILES string of the molecule is COc1cc(OC)c2c(OC(C)=O)cc(C)cc2c1. The molecule has 0 radical (unpaired) electrons. The van der Waals surface area contributed by atoms with Crippen LogP contribution in [0.4, 0.5) is 0 Å². The van der Waals surface area contributed by atoms with E-state index in [2.05, 4.69) is 0 Å². The Bertz CT molecular complexity index is 632. The van der Waals surface area contributed by atoms with E-state index in [1.54, 1.807) is 20.3 Å². The standard InChI is InChI=1S/C15H16O4/c1-9-5-11-7-12(17-3)8-13(18-4)15(11)14(6-9)19-10(2)16/h5-8H,1-4H3. The first-order valence-corrected chi connectivity index (χ1v) is 5.90. The summed E-state index contributed by atoms with van der Waals surface area (Å²) in [5, 5.41) is 1.68. The molecule has 0 spiro atoms. The lowest BCUT2D eigenvalue weighted by molar-refractivity contribution is -0.131. The zero-order valence-corrected chi connectivity index (χ0v) is 11.4. The van der Waals surface area contributed by atoms with Crippen molar-refractivity contribution in [3.8, 4) is 17.2 Å². The quantitative estimate of drug-likeness (QED) is 0.628. The number of hydrogen-bond acceptors (Lipinski definition) is 4. The maximum absolute atomic E-state index is 11.2. The number of hydrogen-bond donors (Lipinski definition) is 0. The lowest BCUT2D eigenvalue weighted by Crippen LogP contribution is -2.03. The molecule has 0 N–H and O–H groups in total. The first-order valence-electron chi connectivity index (χ1n) is 5.90. The van der Waals surface area contributed by atoms with E-state index < -0.39 is 0 Å². The molecule has 4 heteroatoms. The van der Waals surface area contributed by atoms with Gasteiger partial charge in [0.1, 0.15) is 17.2 Å². The Balaban J connectivity index is 2.77. The summed E-state index contributed by atoms with van der Waals surface area (Å²) in [7, 11) is 3.18. The summed E-state index contributed by atoms with van der Waals surface area (Å²) < 4.78 is 15.9. The lowest BCUT2D eigenvalue weighted by atomic mass is 10.0. The van der Waals surface area contributed by atoms with Crippen molar-refractivity contribution in [2.45, 2.75) is 13.8 Å². The molecule has 4 nitrogen and oxygen atoms in total. The third-order valence-corrected chi connectivity index (χ3v) is 2.80. The van der Waals surface area contributed by atoms with E-state index in [1.807, 2.05) is 25.1 Å². The minimum Gasteiger partial charge on any atom is -0.497 e. The summed E-state index contributed by atoms with van der Waals surface area (Å²) >= 11 is 0. The average molecular weight is 260 g/mol. The van der Waals surface area contributed by atoms with Crippen molar-refractivity contribution < 1.29 is 19.0 Å². The fourth-order valence-electron chi connectivity index (χ4n) is 2.07. The Morgan fingerprint density at radius 1 is 1.00 bits per heavy atom. The number of carbonyl (C=O) groups excluding carboxylic acids is 1. The molecule has 2 rings (SSSR count). The third-order valence-electron chi connectivity index (χ3n) is 2.80. The van der Waals surface area contributed by atoms with Crippen molar-refractivity contribution in [2.24, 2.45) is 0 Å². The first-order chi connectivity index (χ1) is 9.05. The third kappa shape index (κ3) is 2.62. The first kappa shape index (κ1) is 13.2. The number of fused-ring (bicyclic) bond motifs is 1. The molecule has 0 aromatic heterocycles. The number of rotatable bonds is 3. The van der Waals surface area contributed by atoms with Crippen molar-refractivity contribution in [1.29, 1.82) is 0 Å². The van der Waals surface area contributed by atoms with Crippen LogP contribution < -0.4 is 14.2 Å². The molecule has 0 bridgehead atoms. The Labute approximate surface area is 111 Å². The molecular formula is C15H16O4. The van der Waals surface area contributed by atoms with Gasteiger partial charge in [0.15, 0.2) is 0 Å². The van der Waals surface area contributed by atoms with Gasteiger partial charge in [-0.2, -0.15) is 0 Å². The zero-order chi connectivity index (χ0) is 14.0. The van der Waals surface area contributed by atoms with Crippen LogP contribution in [0.3, 0.4) is 0 Å². The number of esters is 1. The number of ether oxygens (including phenoxy) is 3. The van der Waals surface area contributed by atoms with Crippen LogP contribution >= 0.6 is 0 Å². The van der Waals surface area contributed by atoms with E-state index in [0.29, 0.717) is 17.2 Å². The monoisotopic (exact) mass is 260 g/mol. The van der Waals surface area contributed by atoms with Crippen LogP contribution in [0.15, 0.2) is 24.3 Å². The van der Waals surface area contributed by atoms with Gasteiger partial charge in [-0.1, -0.05) is 6.07 Å². The van der Waals surface area contributed by atoms with Gasteiger partial charge in [-0.25, -0.2) is 0 Å². The van der Waals surface area contributed by atoms with E-state index in [4.69, 9.17) is 14.2 Å². The molecule has 19 heavy (non-hydrogen) atoms. The van der Waals surface area contributed by atoms with Crippen LogP contribution in [0, 0.1) is 6.92 Å². The second-order valence-electron chi connectivity index (χ2n) is 4.28. The fraction of sp³-hybridized carbons (Fsp3) is 0.267. The van der Waals surface area contributed by atoms with Crippen LogP contribution in [0.5, 0.6) is 17.2 Å². The minimum absolute atomic E-state index is 0.357. The van der Waals surface area contributed by atoms with Crippen LogP contribution in [-0.2, 0) is 4.79 Å². The summed E-state index contributed by atoms with van der Waals surface area (Å²) in [6.45, 7) is 3.32. The summed E-state index contributed by atoms with van der Waals surface area (Å²) in [6, 6.07) is 7.47. The number of benzene rings is 2. The highest BCUT2D eigenvalue weighted by atomic mass is 16.5. The molecule has 0 amide bonds. The van der Waals surface area contributed by atoms with Crippen LogP contribution in [0.2, 0.25) is 0 Å². The van der Waals surface area contributed by atoms with E-state index in [-0.39, 0.29) is 5.97 Å². The van der Waals surface area contributed by atoms with Crippen molar-refractivity contribution in [2.75, 3.05) is 14.2 Å². The fourth-order valence-corrected chi connectivity index (χ4v) is 2.07. The highest BCUT2D eigenvalue weighted by Gasteiger charge is 2.13. The second kappa shape index (κ2) is 5.18. The Morgan fingerprint density at radius 2 is 1.74 bits per heavy atom. The molecule has 0 unspecified atom stereocenters. The van der Waals surface area contributed by atoms with Gasteiger partial charge in [0.05, 0.1) is 19.6 Å². The van der Waals surface area contributed by atoms with Gasteiger partial charge in [-0.3, -0.25) is 4.79 Å². The lowest BCUT2D eigenvalue weighted by Gasteiger charge is -2.13. The highest BCUT2D eigenvalue weighted by molar-refractivity contribution is 5.96. The van der Waals surface area contributed by atoms with Crippen molar-refractivity contribution in [3.63, 3.8) is 0 Å². The molecule has 0 aliphatic carbocycles. The molecule has 0 aliphatic heterocycles. The van der Waals surface area contributed by atoms with E-state index in [0.717, 1.165) is 16.3 Å². The van der Waals surface area contributed by atoms with Crippen LogP contribution in [0.1, 0.15) is 12.5 Å². The van der Waals surface area contributed by atoms with Gasteiger partial charge < -0.3 is 14.2 Å². The predicted molar refractivity (Wildman–Crippen MR) is 73.1 cm³/mol. The smallest absolute Gasteiger partial charge is 0.308 e. The maximum Gasteiger partial charge on any atom is 0.308 e. The minimum atomic E-state index is -0.357. The molecule has 2 aromatic carbocycles. The van der Waals surface area contributed by atoms with Gasteiger partial charge in [0.2, 0.25) is 0 Å². The molecule has 0 aliphatic rings. The molecule has 0 atom stereocenters. The van der Waals surface area contributed by atoms with E-state index in [9.17, 15) is 4.79 Å². The Kier molecular flexibility index (Phi) is 3.60. The molecule has 0 fully saturated rings. The largest absolute Gasteiger partial charge is 0.497 e. The van der Waals surface area contributed by atoms with Crippen molar-refractivity contribution in [1.82, 2.24) is 0 Å². The van der Waals surface area contributed by atoms with Crippen molar-refractivity contribution >= 4 is 16.7 Å². The second-order valence-corrected chi connectivity index (χ2v) is 4.28. The summed E-state index contributed by atoms with van der Waals surface area (Å²) in [6.07, 6.45) is 0. The molecule has 100 valence electrons. The number of carbonyl (C=O) groups is 1. The molecular weight excluding hydrogens is 244 g/mol. The highest BCUT2D eigenvalue weighted by Crippen LogP contribution is 2.38. The normalized spacial score (nSPS) is 10.3. The maximum atomic E-state index is 11.2. The topological polar surface area (TPSA) is 44.8 Å².